The van der Waals surface area contributed by atoms with E-state index < -0.39 is 0 Å². The molecule has 1 saturated heterocycles. The third-order valence-corrected chi connectivity index (χ3v) is 5.93. The Morgan fingerprint density at radius 2 is 1.37 bits per heavy atom. The van der Waals surface area contributed by atoms with Gasteiger partial charge in [-0.1, -0.05) is 41.9 Å². The summed E-state index contributed by atoms with van der Waals surface area (Å²) in [6, 6.07) is 22.3. The number of hydrogen-bond acceptors (Lipinski definition) is 3. The molecule has 3 aromatic carbocycles. The fourth-order valence-electron chi connectivity index (χ4n) is 4.17. The zero-order chi connectivity index (χ0) is 20.7. The van der Waals surface area contributed by atoms with E-state index in [9.17, 15) is 9.59 Å². The molecule has 1 aliphatic rings. The summed E-state index contributed by atoms with van der Waals surface area (Å²) < 4.78 is 1.68. The number of piperazine rings is 1. The third-order valence-electron chi connectivity index (χ3n) is 5.69. The van der Waals surface area contributed by atoms with Gasteiger partial charge in [0.15, 0.2) is 5.43 Å². The predicted molar refractivity (Wildman–Crippen MR) is 122 cm³/mol. The summed E-state index contributed by atoms with van der Waals surface area (Å²) in [7, 11) is 0. The van der Waals surface area contributed by atoms with Crippen molar-refractivity contribution in [1.29, 1.82) is 0 Å². The molecule has 0 unspecified atom stereocenters. The highest BCUT2D eigenvalue weighted by Crippen LogP contribution is 2.23. The summed E-state index contributed by atoms with van der Waals surface area (Å²) in [5, 5.41) is 1.82. The van der Waals surface area contributed by atoms with Gasteiger partial charge in [0.2, 0.25) is 0 Å². The van der Waals surface area contributed by atoms with E-state index in [0.717, 1.165) is 18.8 Å². The van der Waals surface area contributed by atoms with E-state index in [1.807, 2.05) is 65.6 Å². The first-order chi connectivity index (χ1) is 14.6. The molecule has 1 aliphatic heterocycles. The highest BCUT2D eigenvalue weighted by atomic mass is 35.5. The van der Waals surface area contributed by atoms with E-state index in [0.29, 0.717) is 39.9 Å². The second-order valence-electron chi connectivity index (χ2n) is 7.44. The first-order valence-electron chi connectivity index (χ1n) is 9.96. The van der Waals surface area contributed by atoms with Crippen molar-refractivity contribution in [2.45, 2.75) is 0 Å². The number of carbonyl (C=O) groups is 1. The molecule has 4 aromatic rings. The summed E-state index contributed by atoms with van der Waals surface area (Å²) in [5.41, 5.74) is 2.30. The van der Waals surface area contributed by atoms with Crippen LogP contribution in [0.2, 0.25) is 5.02 Å². The fraction of sp³-hybridized carbons (Fsp3) is 0.167. The Bertz CT molecular complexity index is 1260. The number of halogens is 1. The van der Waals surface area contributed by atoms with Crippen LogP contribution in [0.1, 0.15) is 0 Å². The minimum atomic E-state index is -0.104. The average Bonchev–Trinajstić information content (AvgIpc) is 2.79. The number of nitrogens with zero attached hydrogens (tertiary/aromatic N) is 3. The Kier molecular flexibility index (Phi) is 4.68. The number of fused-ring (bicyclic) bond motifs is 2. The van der Waals surface area contributed by atoms with Crippen LogP contribution in [0.5, 0.6) is 0 Å². The number of carbonyl (C=O) groups excluding carboxylic acids is 1. The predicted octanol–water partition coefficient (Wildman–Crippen LogP) is 4.60. The molecule has 0 radical (unpaired) electrons. The van der Waals surface area contributed by atoms with Gasteiger partial charge in [-0.15, -0.1) is 0 Å². The lowest BCUT2D eigenvalue weighted by Crippen LogP contribution is -2.50. The summed E-state index contributed by atoms with van der Waals surface area (Å²) in [4.78, 5) is 30.6. The maximum absolute atomic E-state index is 13.6. The molecule has 1 amide bonds. The SMILES string of the molecule is O=C(N1CCN(c2cccc(Cl)c2)CC1)n1c2ccccc2c(=O)c2ccccc21. The molecule has 0 aliphatic carbocycles. The second kappa shape index (κ2) is 7.50. The Balaban J connectivity index is 1.51. The van der Waals surface area contributed by atoms with Crippen molar-refractivity contribution in [2.24, 2.45) is 0 Å². The van der Waals surface area contributed by atoms with Gasteiger partial charge in [-0.25, -0.2) is 4.79 Å². The van der Waals surface area contributed by atoms with Crippen LogP contribution in [0.3, 0.4) is 0 Å². The van der Waals surface area contributed by atoms with Crippen LogP contribution >= 0.6 is 11.6 Å². The molecule has 0 atom stereocenters. The zero-order valence-corrected chi connectivity index (χ0v) is 17.0. The van der Waals surface area contributed by atoms with Crippen LogP contribution in [-0.2, 0) is 0 Å². The zero-order valence-electron chi connectivity index (χ0n) is 16.3. The van der Waals surface area contributed by atoms with Crippen molar-refractivity contribution in [3.8, 4) is 0 Å². The standard InChI is InChI=1S/C24H20ClN3O2/c25-17-6-5-7-18(16-17)26-12-14-27(15-13-26)24(30)28-21-10-3-1-8-19(21)23(29)20-9-2-4-11-22(20)28/h1-11,16H,12-15H2. The molecule has 150 valence electrons. The van der Waals surface area contributed by atoms with Gasteiger partial charge in [0.25, 0.3) is 0 Å². The number of benzene rings is 3. The van der Waals surface area contributed by atoms with Crippen LogP contribution < -0.4 is 10.3 Å². The molecule has 0 spiro atoms. The molecule has 2 heterocycles. The van der Waals surface area contributed by atoms with E-state index in [-0.39, 0.29) is 11.5 Å². The van der Waals surface area contributed by atoms with Crippen molar-refractivity contribution in [3.63, 3.8) is 0 Å². The first-order valence-corrected chi connectivity index (χ1v) is 10.3. The average molecular weight is 418 g/mol. The highest BCUT2D eigenvalue weighted by Gasteiger charge is 2.25. The summed E-state index contributed by atoms with van der Waals surface area (Å²) in [5.74, 6) is 0. The molecule has 1 aromatic heterocycles. The summed E-state index contributed by atoms with van der Waals surface area (Å²) >= 11 is 6.13. The van der Waals surface area contributed by atoms with Gasteiger partial charge in [0.05, 0.1) is 11.0 Å². The molecule has 0 bridgehead atoms. The molecule has 5 rings (SSSR count). The Hall–Kier alpha value is -3.31. The van der Waals surface area contributed by atoms with Crippen molar-refractivity contribution < 1.29 is 4.79 Å². The van der Waals surface area contributed by atoms with E-state index in [2.05, 4.69) is 4.90 Å². The number of aromatic nitrogens is 1. The van der Waals surface area contributed by atoms with Gasteiger partial charge in [0, 0.05) is 47.7 Å². The van der Waals surface area contributed by atoms with Crippen LogP contribution in [0.25, 0.3) is 21.8 Å². The van der Waals surface area contributed by atoms with E-state index >= 15 is 0 Å². The maximum Gasteiger partial charge on any atom is 0.329 e. The van der Waals surface area contributed by atoms with E-state index in [4.69, 9.17) is 11.6 Å². The van der Waals surface area contributed by atoms with Crippen molar-refractivity contribution in [2.75, 3.05) is 31.1 Å². The normalized spacial score (nSPS) is 14.4. The number of pyridine rings is 1. The molecule has 6 heteroatoms. The smallest absolute Gasteiger partial charge is 0.329 e. The number of rotatable bonds is 1. The Morgan fingerprint density at radius 1 is 0.767 bits per heavy atom. The van der Waals surface area contributed by atoms with Crippen LogP contribution in [0.4, 0.5) is 10.5 Å². The minimum Gasteiger partial charge on any atom is -0.368 e. The molecule has 1 fully saturated rings. The van der Waals surface area contributed by atoms with Gasteiger partial charge in [-0.3, -0.25) is 9.36 Å². The van der Waals surface area contributed by atoms with Crippen LogP contribution in [0.15, 0.2) is 77.6 Å². The van der Waals surface area contributed by atoms with E-state index in [1.54, 1.807) is 16.7 Å². The molecule has 30 heavy (non-hydrogen) atoms. The Labute approximate surface area is 178 Å². The summed E-state index contributed by atoms with van der Waals surface area (Å²) in [6.07, 6.45) is 0. The quantitative estimate of drug-likeness (QED) is 0.425. The maximum atomic E-state index is 13.6. The van der Waals surface area contributed by atoms with Crippen molar-refractivity contribution in [3.05, 3.63) is 88.0 Å². The van der Waals surface area contributed by atoms with Gasteiger partial charge < -0.3 is 9.80 Å². The van der Waals surface area contributed by atoms with Gasteiger partial charge in [-0.2, -0.15) is 0 Å². The van der Waals surface area contributed by atoms with Crippen molar-refractivity contribution >= 4 is 45.1 Å². The molecule has 0 N–H and O–H groups in total. The largest absolute Gasteiger partial charge is 0.368 e. The van der Waals surface area contributed by atoms with Crippen LogP contribution in [0, 0.1) is 0 Å². The van der Waals surface area contributed by atoms with Crippen LogP contribution in [-0.4, -0.2) is 41.7 Å². The van der Waals surface area contributed by atoms with Gasteiger partial charge in [0.1, 0.15) is 0 Å². The lowest BCUT2D eigenvalue weighted by molar-refractivity contribution is 0.198. The lowest BCUT2D eigenvalue weighted by Gasteiger charge is -2.36. The van der Waals surface area contributed by atoms with E-state index in [1.165, 1.54) is 0 Å². The highest BCUT2D eigenvalue weighted by molar-refractivity contribution is 6.30. The second-order valence-corrected chi connectivity index (χ2v) is 7.87. The van der Waals surface area contributed by atoms with Gasteiger partial charge in [-0.05, 0) is 42.5 Å². The topological polar surface area (TPSA) is 45.6 Å². The number of hydrogen-bond donors (Lipinski definition) is 0. The number of amides is 1. The molecular formula is C24H20ClN3O2. The number of anilines is 1. The molecule has 0 saturated carbocycles. The van der Waals surface area contributed by atoms with Crippen molar-refractivity contribution in [1.82, 2.24) is 9.47 Å². The number of para-hydroxylation sites is 2. The summed E-state index contributed by atoms with van der Waals surface area (Å²) in [6.45, 7) is 2.64. The fourth-order valence-corrected chi connectivity index (χ4v) is 4.36. The Morgan fingerprint density at radius 3 is 1.97 bits per heavy atom. The monoisotopic (exact) mass is 417 g/mol. The molecule has 5 nitrogen and oxygen atoms in total. The lowest BCUT2D eigenvalue weighted by atomic mass is 10.1. The van der Waals surface area contributed by atoms with Gasteiger partial charge >= 0.3 is 6.03 Å². The minimum absolute atomic E-state index is 0.0453. The first kappa shape index (κ1) is 18.7. The third kappa shape index (κ3) is 3.12. The molecular weight excluding hydrogens is 398 g/mol.